The van der Waals surface area contributed by atoms with Gasteiger partial charge in [0.1, 0.15) is 11.3 Å². The Morgan fingerprint density at radius 2 is 1.95 bits per heavy atom. The molecule has 0 heterocycles. The minimum Gasteiger partial charge on any atom is -0.490 e. The molecule has 0 saturated heterocycles. The Hall–Kier alpha value is -1.72. The fourth-order valence-electron chi connectivity index (χ4n) is 1.34. The van der Waals surface area contributed by atoms with Crippen LogP contribution in [0.15, 0.2) is 35.6 Å². The van der Waals surface area contributed by atoms with Crippen LogP contribution in [-0.2, 0) is 9.53 Å². The summed E-state index contributed by atoms with van der Waals surface area (Å²) in [6.07, 6.45) is -0.367. The van der Waals surface area contributed by atoms with Crippen molar-refractivity contribution in [3.63, 3.8) is 0 Å². The Morgan fingerprint density at radius 3 is 2.32 bits per heavy atom. The van der Waals surface area contributed by atoms with Gasteiger partial charge in [-0.1, -0.05) is 12.7 Å². The summed E-state index contributed by atoms with van der Waals surface area (Å²) in [7, 11) is 0. The molecule has 0 aromatic rings. The molecule has 1 fully saturated rings. The summed E-state index contributed by atoms with van der Waals surface area (Å²) in [5.74, 6) is -1.47. The number of carboxylic acids is 1. The lowest BCUT2D eigenvalue weighted by Gasteiger charge is -2.27. The van der Waals surface area contributed by atoms with Gasteiger partial charge in [0.05, 0.1) is 6.10 Å². The molecule has 0 aliphatic heterocycles. The van der Waals surface area contributed by atoms with Crippen molar-refractivity contribution in [2.45, 2.75) is 38.5 Å². The second-order valence-electron chi connectivity index (χ2n) is 4.33. The first kappa shape index (κ1) is 15.3. The van der Waals surface area contributed by atoms with E-state index in [9.17, 15) is 18.0 Å². The highest BCUT2D eigenvalue weighted by atomic mass is 19.4. The number of alkyl halides is 3. The molecule has 1 rings (SSSR count). The average molecular weight is 276 g/mol. The van der Waals surface area contributed by atoms with Crippen molar-refractivity contribution < 1.29 is 27.8 Å². The molecule has 1 N–H and O–H groups in total. The third-order valence-corrected chi connectivity index (χ3v) is 2.84. The van der Waals surface area contributed by atoms with Gasteiger partial charge < -0.3 is 9.84 Å². The molecule has 0 amide bonds. The lowest BCUT2D eigenvalue weighted by molar-refractivity contribution is -0.132. The predicted octanol–water partition coefficient (Wildman–Crippen LogP) is 3.59. The number of ether oxygens (including phenoxy) is 1. The van der Waals surface area contributed by atoms with Crippen molar-refractivity contribution in [2.24, 2.45) is 0 Å². The van der Waals surface area contributed by atoms with E-state index in [1.807, 2.05) is 0 Å². The van der Waals surface area contributed by atoms with E-state index >= 15 is 0 Å². The van der Waals surface area contributed by atoms with Crippen molar-refractivity contribution in [1.82, 2.24) is 0 Å². The van der Waals surface area contributed by atoms with Gasteiger partial charge in [0.15, 0.2) is 0 Å². The number of rotatable bonds is 5. The Labute approximate surface area is 109 Å². The standard InChI is InChI=1S/C13H15F3O3/c1-8(13(14,15)16)6-7-11(12(17)18)9(2)19-10-4-3-5-10/h6-7,10H,2-5H2,1H3,(H,17,18)/b8-6+,11-7+. The molecule has 1 aliphatic carbocycles. The molecule has 0 atom stereocenters. The molecule has 3 nitrogen and oxygen atoms in total. The van der Waals surface area contributed by atoms with Crippen LogP contribution in [0, 0.1) is 0 Å². The summed E-state index contributed by atoms with van der Waals surface area (Å²) in [6.45, 7) is 4.32. The molecule has 1 aliphatic rings. The van der Waals surface area contributed by atoms with Gasteiger partial charge >= 0.3 is 12.1 Å². The highest BCUT2D eigenvalue weighted by Gasteiger charge is 2.29. The molecule has 1 saturated carbocycles. The van der Waals surface area contributed by atoms with Crippen LogP contribution < -0.4 is 0 Å². The van der Waals surface area contributed by atoms with Crippen molar-refractivity contribution >= 4 is 5.97 Å². The van der Waals surface area contributed by atoms with E-state index in [-0.39, 0.29) is 17.4 Å². The normalized spacial score (nSPS) is 17.9. The molecule has 0 radical (unpaired) electrons. The zero-order chi connectivity index (χ0) is 14.6. The van der Waals surface area contributed by atoms with Gasteiger partial charge in [0.25, 0.3) is 0 Å². The number of carbonyl (C=O) groups is 1. The third kappa shape index (κ3) is 4.46. The van der Waals surface area contributed by atoms with Crippen molar-refractivity contribution in [3.8, 4) is 0 Å². The second kappa shape index (κ2) is 5.95. The maximum Gasteiger partial charge on any atom is 0.412 e. The van der Waals surface area contributed by atoms with Crippen LogP contribution in [0.25, 0.3) is 0 Å². The van der Waals surface area contributed by atoms with E-state index in [1.54, 1.807) is 0 Å². The molecule has 0 unspecified atom stereocenters. The van der Waals surface area contributed by atoms with E-state index in [1.165, 1.54) is 0 Å². The molecule has 0 spiro atoms. The fraction of sp³-hybridized carbons (Fsp3) is 0.462. The molecule has 0 aromatic carbocycles. The summed E-state index contributed by atoms with van der Waals surface area (Å²) in [5, 5.41) is 8.94. The first-order chi connectivity index (χ1) is 8.71. The van der Waals surface area contributed by atoms with Crippen molar-refractivity contribution in [3.05, 3.63) is 35.6 Å². The smallest absolute Gasteiger partial charge is 0.412 e. The van der Waals surface area contributed by atoms with Crippen LogP contribution >= 0.6 is 0 Å². The Bertz CT molecular complexity index is 429. The summed E-state index contributed by atoms with van der Waals surface area (Å²) >= 11 is 0. The number of allylic oxidation sites excluding steroid dienone is 3. The topological polar surface area (TPSA) is 46.5 Å². The molecule has 0 aromatic heterocycles. The van der Waals surface area contributed by atoms with Crippen LogP contribution in [0.5, 0.6) is 0 Å². The van der Waals surface area contributed by atoms with Crippen LogP contribution in [0.4, 0.5) is 13.2 Å². The lowest BCUT2D eigenvalue weighted by Crippen LogP contribution is -2.22. The second-order valence-corrected chi connectivity index (χ2v) is 4.33. The highest BCUT2D eigenvalue weighted by Crippen LogP contribution is 2.27. The third-order valence-electron chi connectivity index (χ3n) is 2.84. The van der Waals surface area contributed by atoms with E-state index in [0.29, 0.717) is 6.08 Å². The summed E-state index contributed by atoms with van der Waals surface area (Å²) in [5.41, 5.74) is -1.25. The molecule has 0 bridgehead atoms. The van der Waals surface area contributed by atoms with Crippen LogP contribution in [0.1, 0.15) is 26.2 Å². The number of hydrogen-bond acceptors (Lipinski definition) is 2. The number of carboxylic acid groups (broad SMARTS) is 1. The van der Waals surface area contributed by atoms with Gasteiger partial charge in [0, 0.05) is 5.57 Å². The summed E-state index contributed by atoms with van der Waals surface area (Å²) < 4.78 is 42.1. The van der Waals surface area contributed by atoms with E-state index < -0.39 is 17.7 Å². The zero-order valence-electron chi connectivity index (χ0n) is 10.5. The highest BCUT2D eigenvalue weighted by molar-refractivity contribution is 5.91. The maximum atomic E-state index is 12.3. The Morgan fingerprint density at radius 1 is 1.37 bits per heavy atom. The SMILES string of the molecule is C=C(OC1CCC1)/C(=C\C=C(/C)C(F)(F)F)C(=O)O. The van der Waals surface area contributed by atoms with Gasteiger partial charge in [-0.25, -0.2) is 4.79 Å². The summed E-state index contributed by atoms with van der Waals surface area (Å²) in [6, 6.07) is 0. The zero-order valence-corrected chi connectivity index (χ0v) is 10.5. The molecular formula is C13H15F3O3. The van der Waals surface area contributed by atoms with Gasteiger partial charge in [-0.15, -0.1) is 0 Å². The molecular weight excluding hydrogens is 261 g/mol. The fourth-order valence-corrected chi connectivity index (χ4v) is 1.34. The lowest BCUT2D eigenvalue weighted by atomic mass is 9.96. The van der Waals surface area contributed by atoms with Gasteiger partial charge in [0.2, 0.25) is 0 Å². The number of halogens is 3. The molecule has 106 valence electrons. The first-order valence-corrected chi connectivity index (χ1v) is 5.77. The van der Waals surface area contributed by atoms with Crippen LogP contribution in [0.3, 0.4) is 0 Å². The van der Waals surface area contributed by atoms with E-state index in [4.69, 9.17) is 9.84 Å². The Balaban J connectivity index is 2.81. The Kier molecular flexibility index (Phi) is 4.80. The van der Waals surface area contributed by atoms with Crippen LogP contribution in [-0.4, -0.2) is 23.4 Å². The van der Waals surface area contributed by atoms with Gasteiger partial charge in [-0.05, 0) is 32.3 Å². The number of hydrogen-bond donors (Lipinski definition) is 1. The molecule has 6 heteroatoms. The quantitative estimate of drug-likeness (QED) is 0.474. The maximum absolute atomic E-state index is 12.3. The van der Waals surface area contributed by atoms with Gasteiger partial charge in [-0.2, -0.15) is 13.2 Å². The summed E-state index contributed by atoms with van der Waals surface area (Å²) in [4.78, 5) is 11.0. The average Bonchev–Trinajstić information content (AvgIpc) is 2.21. The minimum absolute atomic E-state index is 0.0806. The first-order valence-electron chi connectivity index (χ1n) is 5.77. The largest absolute Gasteiger partial charge is 0.490 e. The molecule has 19 heavy (non-hydrogen) atoms. The van der Waals surface area contributed by atoms with Crippen molar-refractivity contribution in [1.29, 1.82) is 0 Å². The number of aliphatic carboxylic acids is 1. The van der Waals surface area contributed by atoms with Crippen molar-refractivity contribution in [2.75, 3.05) is 0 Å². The predicted molar refractivity (Wildman–Crippen MR) is 63.4 cm³/mol. The minimum atomic E-state index is -4.48. The van der Waals surface area contributed by atoms with Crippen LogP contribution in [0.2, 0.25) is 0 Å². The van der Waals surface area contributed by atoms with E-state index in [2.05, 4.69) is 6.58 Å². The van der Waals surface area contributed by atoms with E-state index in [0.717, 1.165) is 32.3 Å². The monoisotopic (exact) mass is 276 g/mol. The van der Waals surface area contributed by atoms with Gasteiger partial charge in [-0.3, -0.25) is 0 Å².